The number of ether oxygens (including phenoxy) is 4. The Morgan fingerprint density at radius 2 is 1.61 bits per heavy atom. The molecule has 0 fully saturated rings. The van der Waals surface area contributed by atoms with E-state index in [9.17, 15) is 4.79 Å². The van der Waals surface area contributed by atoms with Crippen molar-refractivity contribution in [1.29, 1.82) is 0 Å². The number of rotatable bonds is 8. The second kappa shape index (κ2) is 8.65. The molecule has 0 unspecified atom stereocenters. The second-order valence-electron chi connectivity index (χ2n) is 5.85. The molecule has 0 radical (unpaired) electrons. The first-order chi connectivity index (χ1) is 13.5. The van der Waals surface area contributed by atoms with Crippen LogP contribution in [-0.4, -0.2) is 30.8 Å². The first-order valence-electron chi connectivity index (χ1n) is 9.21. The van der Waals surface area contributed by atoms with Gasteiger partial charge in [0.05, 0.1) is 25.4 Å². The van der Waals surface area contributed by atoms with Gasteiger partial charge >= 0.3 is 5.97 Å². The van der Waals surface area contributed by atoms with Gasteiger partial charge in [-0.3, -0.25) is 0 Å². The van der Waals surface area contributed by atoms with Gasteiger partial charge in [0.1, 0.15) is 11.3 Å². The fraction of sp³-hybridized carbons (Fsp3) is 0.333. The molecule has 0 aliphatic heterocycles. The van der Waals surface area contributed by atoms with Gasteiger partial charge in [-0.2, -0.15) is 0 Å². The van der Waals surface area contributed by atoms with Crippen LogP contribution in [0.5, 0.6) is 23.0 Å². The van der Waals surface area contributed by atoms with Crippen LogP contribution in [0.1, 0.15) is 37.0 Å². The molecule has 3 aromatic rings. The number of aryl methyl sites for hydroxylation is 1. The Morgan fingerprint density at radius 1 is 0.964 bits per heavy atom. The molecule has 0 spiro atoms. The lowest BCUT2D eigenvalue weighted by Gasteiger charge is -2.16. The smallest absolute Gasteiger partial charge is 0.343 e. The van der Waals surface area contributed by atoms with Crippen molar-refractivity contribution < 1.29 is 28.2 Å². The molecule has 0 saturated carbocycles. The molecule has 3 rings (SSSR count). The first-order valence-corrected chi connectivity index (χ1v) is 9.21. The maximum Gasteiger partial charge on any atom is 0.343 e. The molecule has 7 heteroatoms. The average Bonchev–Trinajstić information content (AvgIpc) is 3.03. The van der Waals surface area contributed by atoms with Crippen molar-refractivity contribution in [3.63, 3.8) is 0 Å². The molecule has 0 atom stereocenters. The summed E-state index contributed by atoms with van der Waals surface area (Å²) in [4.78, 5) is 17.0. The van der Waals surface area contributed by atoms with Gasteiger partial charge in [0.25, 0.3) is 0 Å². The number of esters is 1. The highest BCUT2D eigenvalue weighted by Crippen LogP contribution is 2.39. The average molecular weight is 385 g/mol. The molecule has 0 aliphatic carbocycles. The molecule has 1 aromatic heterocycles. The van der Waals surface area contributed by atoms with Gasteiger partial charge in [-0.15, -0.1) is 0 Å². The summed E-state index contributed by atoms with van der Waals surface area (Å²) in [5.74, 6) is 1.73. The van der Waals surface area contributed by atoms with Crippen LogP contribution < -0.4 is 18.9 Å². The molecule has 0 aliphatic rings. The van der Waals surface area contributed by atoms with Crippen LogP contribution >= 0.6 is 0 Å². The largest absolute Gasteiger partial charge is 0.490 e. The molecule has 7 nitrogen and oxygen atoms in total. The number of fused-ring (bicyclic) bond motifs is 1. The Bertz CT molecular complexity index is 951. The summed E-state index contributed by atoms with van der Waals surface area (Å²) in [5.41, 5.74) is 1.56. The first kappa shape index (κ1) is 19.5. The summed E-state index contributed by atoms with van der Waals surface area (Å²) >= 11 is 0. The zero-order valence-electron chi connectivity index (χ0n) is 16.4. The summed E-state index contributed by atoms with van der Waals surface area (Å²) in [6, 6.07) is 8.22. The Morgan fingerprint density at radius 3 is 2.21 bits per heavy atom. The Kier molecular flexibility index (Phi) is 6.03. The number of hydrogen-bond donors (Lipinski definition) is 0. The van der Waals surface area contributed by atoms with Gasteiger partial charge in [-0.25, -0.2) is 9.78 Å². The summed E-state index contributed by atoms with van der Waals surface area (Å²) < 4.78 is 27.9. The van der Waals surface area contributed by atoms with Crippen LogP contribution in [0.4, 0.5) is 0 Å². The maximum absolute atomic E-state index is 12.7. The summed E-state index contributed by atoms with van der Waals surface area (Å²) in [6.45, 7) is 8.64. The van der Waals surface area contributed by atoms with Crippen molar-refractivity contribution in [3.8, 4) is 23.0 Å². The van der Waals surface area contributed by atoms with Gasteiger partial charge in [-0.1, -0.05) is 0 Å². The fourth-order valence-electron chi connectivity index (χ4n) is 2.76. The van der Waals surface area contributed by atoms with Crippen molar-refractivity contribution in [3.05, 3.63) is 41.8 Å². The third-order valence-electron chi connectivity index (χ3n) is 3.82. The monoisotopic (exact) mass is 385 g/mol. The van der Waals surface area contributed by atoms with E-state index < -0.39 is 5.97 Å². The molecule has 0 saturated heterocycles. The highest BCUT2D eigenvalue weighted by molar-refractivity contribution is 5.93. The zero-order valence-corrected chi connectivity index (χ0v) is 16.4. The number of carbonyl (C=O) groups is 1. The summed E-state index contributed by atoms with van der Waals surface area (Å²) in [6.07, 6.45) is 0. The van der Waals surface area contributed by atoms with Crippen molar-refractivity contribution in [2.75, 3.05) is 19.8 Å². The van der Waals surface area contributed by atoms with Gasteiger partial charge in [0.2, 0.25) is 5.75 Å². The summed E-state index contributed by atoms with van der Waals surface area (Å²) in [5, 5.41) is 0. The van der Waals surface area contributed by atoms with Crippen molar-refractivity contribution in [2.45, 2.75) is 27.7 Å². The number of oxazole rings is 1. The Balaban J connectivity index is 1.92. The highest BCUT2D eigenvalue weighted by Gasteiger charge is 2.20. The minimum absolute atomic E-state index is 0.298. The predicted octanol–water partition coefficient (Wildman–Crippen LogP) is 4.55. The maximum atomic E-state index is 12.7. The normalized spacial score (nSPS) is 10.7. The Labute approximate surface area is 163 Å². The van der Waals surface area contributed by atoms with E-state index in [1.165, 1.54) is 0 Å². The van der Waals surface area contributed by atoms with Crippen LogP contribution in [0.3, 0.4) is 0 Å². The molecule has 1 heterocycles. The molecule has 0 amide bonds. The predicted molar refractivity (Wildman–Crippen MR) is 104 cm³/mol. The quantitative estimate of drug-likeness (QED) is 0.416. The molecule has 0 bridgehead atoms. The van der Waals surface area contributed by atoms with E-state index in [0.29, 0.717) is 65.4 Å². The number of benzene rings is 2. The zero-order chi connectivity index (χ0) is 20.1. The van der Waals surface area contributed by atoms with Crippen molar-refractivity contribution >= 4 is 17.1 Å². The van der Waals surface area contributed by atoms with Crippen LogP contribution in [-0.2, 0) is 0 Å². The molecule has 2 aromatic carbocycles. The molecule has 0 N–H and O–H groups in total. The van der Waals surface area contributed by atoms with Gasteiger partial charge in [-0.05, 0) is 45.0 Å². The number of hydrogen-bond acceptors (Lipinski definition) is 7. The molecule has 28 heavy (non-hydrogen) atoms. The van der Waals surface area contributed by atoms with E-state index in [2.05, 4.69) is 4.98 Å². The van der Waals surface area contributed by atoms with Gasteiger partial charge < -0.3 is 23.4 Å². The van der Waals surface area contributed by atoms with E-state index in [0.717, 1.165) is 0 Å². The molecule has 148 valence electrons. The third-order valence-corrected chi connectivity index (χ3v) is 3.82. The lowest BCUT2D eigenvalue weighted by Crippen LogP contribution is -2.11. The number of carbonyl (C=O) groups excluding carboxylic acids is 1. The van der Waals surface area contributed by atoms with E-state index >= 15 is 0 Å². The highest BCUT2D eigenvalue weighted by atomic mass is 16.5. The Hall–Kier alpha value is -3.22. The molecular formula is C21H23NO6. The SMILES string of the molecule is CCOc1cc(C(=O)Oc2ccc3oc(C)nc3c2)cc(OCC)c1OCC. The van der Waals surface area contributed by atoms with Gasteiger partial charge in [0, 0.05) is 13.0 Å². The minimum Gasteiger partial charge on any atom is -0.490 e. The topological polar surface area (TPSA) is 80.0 Å². The minimum atomic E-state index is -0.537. The number of nitrogens with zero attached hydrogens (tertiary/aromatic N) is 1. The van der Waals surface area contributed by atoms with Crippen LogP contribution in [0, 0.1) is 6.92 Å². The van der Waals surface area contributed by atoms with Crippen molar-refractivity contribution in [2.24, 2.45) is 0 Å². The van der Waals surface area contributed by atoms with Crippen LogP contribution in [0.25, 0.3) is 11.1 Å². The second-order valence-corrected chi connectivity index (χ2v) is 5.85. The van der Waals surface area contributed by atoms with Gasteiger partial charge in [0.15, 0.2) is 23.0 Å². The van der Waals surface area contributed by atoms with Crippen molar-refractivity contribution in [1.82, 2.24) is 4.98 Å². The summed E-state index contributed by atoms with van der Waals surface area (Å²) in [7, 11) is 0. The lowest BCUT2D eigenvalue weighted by atomic mass is 10.1. The van der Waals surface area contributed by atoms with Crippen LogP contribution in [0.2, 0.25) is 0 Å². The van der Waals surface area contributed by atoms with E-state index in [-0.39, 0.29) is 0 Å². The molecular weight excluding hydrogens is 362 g/mol. The third kappa shape index (κ3) is 4.19. The van der Waals surface area contributed by atoms with E-state index in [1.54, 1.807) is 37.3 Å². The van der Waals surface area contributed by atoms with Crippen LogP contribution in [0.15, 0.2) is 34.7 Å². The standard InChI is InChI=1S/C21H23NO6/c1-5-24-18-10-14(11-19(25-6-2)20(18)26-7-3)21(23)28-15-8-9-17-16(12-15)22-13(4)27-17/h8-12H,5-7H2,1-4H3. The fourth-order valence-corrected chi connectivity index (χ4v) is 2.76. The van der Waals surface area contributed by atoms with E-state index in [1.807, 2.05) is 20.8 Å². The number of aromatic nitrogens is 1. The lowest BCUT2D eigenvalue weighted by molar-refractivity contribution is 0.0733. The van der Waals surface area contributed by atoms with E-state index in [4.69, 9.17) is 23.4 Å².